The summed E-state index contributed by atoms with van der Waals surface area (Å²) in [6.07, 6.45) is 3.93. The quantitative estimate of drug-likeness (QED) is 0.644. The van der Waals surface area contributed by atoms with Crippen LogP contribution in [0.5, 0.6) is 0 Å². The number of pyridine rings is 1. The number of rotatable bonds is 4. The molecular formula is C17H20ClN3. The van der Waals surface area contributed by atoms with E-state index in [1.807, 2.05) is 18.3 Å². The topological polar surface area (TPSA) is 30.7 Å². The maximum atomic E-state index is 6.17. The average molecular weight is 302 g/mol. The third kappa shape index (κ3) is 2.11. The van der Waals surface area contributed by atoms with Crippen LogP contribution in [0.4, 0.5) is 0 Å². The molecule has 110 valence electrons. The van der Waals surface area contributed by atoms with Crippen LogP contribution in [0.1, 0.15) is 39.4 Å². The molecule has 0 fully saturated rings. The molecule has 0 radical (unpaired) electrons. The van der Waals surface area contributed by atoms with Crippen molar-refractivity contribution in [2.24, 2.45) is 0 Å². The number of fused-ring (bicyclic) bond motifs is 3. The lowest BCUT2D eigenvalue weighted by Gasteiger charge is -2.31. The molecule has 2 heterocycles. The Morgan fingerprint density at radius 1 is 1.14 bits per heavy atom. The second-order valence-corrected chi connectivity index (χ2v) is 5.98. The number of benzene rings is 1. The van der Waals surface area contributed by atoms with Crippen LogP contribution in [-0.4, -0.2) is 14.5 Å². The molecular weight excluding hydrogens is 282 g/mol. The second-order valence-electron chi connectivity index (χ2n) is 5.71. The molecule has 2 aromatic heterocycles. The molecule has 0 spiro atoms. The average Bonchev–Trinajstić information content (AvgIpc) is 2.93. The first-order valence-corrected chi connectivity index (χ1v) is 7.99. The van der Waals surface area contributed by atoms with Crippen LogP contribution in [0.2, 0.25) is 0 Å². The number of alkyl halides is 1. The highest BCUT2D eigenvalue weighted by atomic mass is 35.5. The Bertz CT molecular complexity index is 787. The van der Waals surface area contributed by atoms with Crippen molar-refractivity contribution in [3.8, 4) is 0 Å². The van der Waals surface area contributed by atoms with Gasteiger partial charge in [0.05, 0.1) is 23.1 Å². The first-order chi connectivity index (χ1) is 10.1. The molecule has 3 aromatic rings. The van der Waals surface area contributed by atoms with Gasteiger partial charge in [0.15, 0.2) is 0 Å². The molecule has 0 saturated heterocycles. The van der Waals surface area contributed by atoms with Crippen LogP contribution in [-0.2, 0) is 11.4 Å². The van der Waals surface area contributed by atoms with Crippen molar-refractivity contribution in [3.05, 3.63) is 36.3 Å². The summed E-state index contributed by atoms with van der Waals surface area (Å²) in [7, 11) is 0. The molecule has 1 aromatic carbocycles. The van der Waals surface area contributed by atoms with Gasteiger partial charge in [0, 0.05) is 10.9 Å². The van der Waals surface area contributed by atoms with Crippen molar-refractivity contribution in [2.75, 3.05) is 0 Å². The van der Waals surface area contributed by atoms with Gasteiger partial charge in [-0.2, -0.15) is 0 Å². The van der Waals surface area contributed by atoms with Gasteiger partial charge in [-0.15, -0.1) is 11.6 Å². The lowest BCUT2D eigenvalue weighted by atomic mass is 9.94. The van der Waals surface area contributed by atoms with Gasteiger partial charge in [0.1, 0.15) is 11.3 Å². The molecule has 0 amide bonds. The summed E-state index contributed by atoms with van der Waals surface area (Å²) in [6, 6.07) is 8.23. The van der Waals surface area contributed by atoms with Crippen molar-refractivity contribution in [3.63, 3.8) is 0 Å². The van der Waals surface area contributed by atoms with Gasteiger partial charge in [0.2, 0.25) is 0 Å². The first-order valence-electron chi connectivity index (χ1n) is 7.46. The number of para-hydroxylation sites is 1. The minimum Gasteiger partial charge on any atom is -0.320 e. The van der Waals surface area contributed by atoms with Crippen molar-refractivity contribution >= 4 is 33.5 Å². The van der Waals surface area contributed by atoms with Crippen molar-refractivity contribution in [1.29, 1.82) is 0 Å². The van der Waals surface area contributed by atoms with Gasteiger partial charge in [0.25, 0.3) is 0 Å². The first kappa shape index (κ1) is 14.3. The van der Waals surface area contributed by atoms with Crippen molar-refractivity contribution in [2.45, 2.75) is 45.0 Å². The van der Waals surface area contributed by atoms with E-state index in [-0.39, 0.29) is 5.54 Å². The number of imidazole rings is 1. The smallest absolute Gasteiger partial charge is 0.125 e. The highest BCUT2D eigenvalue weighted by Gasteiger charge is 2.28. The molecule has 4 heteroatoms. The monoisotopic (exact) mass is 301 g/mol. The zero-order valence-corrected chi connectivity index (χ0v) is 13.5. The molecule has 21 heavy (non-hydrogen) atoms. The summed E-state index contributed by atoms with van der Waals surface area (Å²) in [6.45, 7) is 6.72. The minimum atomic E-state index is 0.0170. The summed E-state index contributed by atoms with van der Waals surface area (Å²) < 4.78 is 2.33. The zero-order chi connectivity index (χ0) is 15.0. The highest BCUT2D eigenvalue weighted by molar-refractivity contribution is 6.17. The van der Waals surface area contributed by atoms with Crippen molar-refractivity contribution in [1.82, 2.24) is 14.5 Å². The minimum absolute atomic E-state index is 0.0170. The van der Waals surface area contributed by atoms with Gasteiger partial charge < -0.3 is 4.57 Å². The van der Waals surface area contributed by atoms with E-state index < -0.39 is 0 Å². The molecule has 3 rings (SSSR count). The molecule has 0 atom stereocenters. The second kappa shape index (κ2) is 5.30. The predicted octanol–water partition coefficient (Wildman–Crippen LogP) is 4.86. The summed E-state index contributed by atoms with van der Waals surface area (Å²) >= 11 is 6.17. The standard InChI is InChI=1S/C17H20ClN3/c1-4-17(3,5-2)21-15(10-18)20-14-11-19-13-9-7-6-8-12(13)16(14)21/h6-9,11H,4-5,10H2,1-3H3. The number of halogens is 1. The Morgan fingerprint density at radius 3 is 2.52 bits per heavy atom. The SMILES string of the molecule is CCC(C)(CC)n1c(CCl)nc2cnc3ccccc3c21. The van der Waals surface area contributed by atoms with E-state index >= 15 is 0 Å². The summed E-state index contributed by atoms with van der Waals surface area (Å²) in [5.74, 6) is 1.34. The van der Waals surface area contributed by atoms with E-state index in [1.54, 1.807) is 0 Å². The van der Waals surface area contributed by atoms with Crippen molar-refractivity contribution < 1.29 is 0 Å². The number of hydrogen-bond donors (Lipinski definition) is 0. The van der Waals surface area contributed by atoms with Gasteiger partial charge in [-0.05, 0) is 25.8 Å². The number of nitrogens with zero attached hydrogens (tertiary/aromatic N) is 3. The Balaban J connectivity index is 2.48. The molecule has 0 N–H and O–H groups in total. The number of aromatic nitrogens is 3. The molecule has 0 aliphatic carbocycles. The zero-order valence-electron chi connectivity index (χ0n) is 12.7. The van der Waals surface area contributed by atoms with Gasteiger partial charge in [-0.25, -0.2) is 4.98 Å². The Labute approximate surface area is 130 Å². The van der Waals surface area contributed by atoms with E-state index in [0.29, 0.717) is 5.88 Å². The van der Waals surface area contributed by atoms with Crippen LogP contribution in [0, 0.1) is 0 Å². The van der Waals surface area contributed by atoms with Crippen LogP contribution < -0.4 is 0 Å². The summed E-state index contributed by atoms with van der Waals surface area (Å²) in [5, 5.41) is 1.15. The summed E-state index contributed by atoms with van der Waals surface area (Å²) in [4.78, 5) is 9.22. The fourth-order valence-electron chi connectivity index (χ4n) is 2.99. The van der Waals surface area contributed by atoms with Crippen LogP contribution >= 0.6 is 11.6 Å². The highest BCUT2D eigenvalue weighted by Crippen LogP contribution is 2.34. The molecule has 0 unspecified atom stereocenters. The third-order valence-electron chi connectivity index (χ3n) is 4.64. The fraction of sp³-hybridized carbons (Fsp3) is 0.412. The van der Waals surface area contributed by atoms with E-state index in [2.05, 4.69) is 42.5 Å². The Morgan fingerprint density at radius 2 is 1.86 bits per heavy atom. The van der Waals surface area contributed by atoms with Gasteiger partial charge in [-0.1, -0.05) is 32.0 Å². The van der Waals surface area contributed by atoms with Gasteiger partial charge in [-0.3, -0.25) is 4.98 Å². The largest absolute Gasteiger partial charge is 0.320 e. The molecule has 3 nitrogen and oxygen atoms in total. The molecule has 0 saturated carbocycles. The third-order valence-corrected chi connectivity index (χ3v) is 4.88. The molecule has 0 bridgehead atoms. The maximum absolute atomic E-state index is 6.17. The maximum Gasteiger partial charge on any atom is 0.125 e. The van der Waals surface area contributed by atoms with Crippen LogP contribution in [0.25, 0.3) is 21.9 Å². The predicted molar refractivity (Wildman–Crippen MR) is 88.8 cm³/mol. The van der Waals surface area contributed by atoms with Crippen LogP contribution in [0.3, 0.4) is 0 Å². The Hall–Kier alpha value is -1.61. The summed E-state index contributed by atoms with van der Waals surface area (Å²) in [5.41, 5.74) is 3.10. The lowest BCUT2D eigenvalue weighted by Crippen LogP contribution is -2.30. The van der Waals surface area contributed by atoms with E-state index in [0.717, 1.165) is 40.6 Å². The normalized spacial score (nSPS) is 12.4. The van der Waals surface area contributed by atoms with E-state index in [9.17, 15) is 0 Å². The van der Waals surface area contributed by atoms with Gasteiger partial charge >= 0.3 is 0 Å². The van der Waals surface area contributed by atoms with E-state index in [1.165, 1.54) is 0 Å². The lowest BCUT2D eigenvalue weighted by molar-refractivity contribution is 0.296. The van der Waals surface area contributed by atoms with Crippen LogP contribution in [0.15, 0.2) is 30.5 Å². The fourth-order valence-corrected chi connectivity index (χ4v) is 3.17. The molecule has 0 aliphatic rings. The number of hydrogen-bond acceptors (Lipinski definition) is 2. The molecule has 0 aliphatic heterocycles. The van der Waals surface area contributed by atoms with E-state index in [4.69, 9.17) is 16.6 Å². The Kier molecular flexibility index (Phi) is 3.62.